The molecule has 9 nitrogen and oxygen atoms in total. The second-order valence-electron chi connectivity index (χ2n) is 5.68. The van der Waals surface area contributed by atoms with Crippen LogP contribution in [0.15, 0.2) is 24.5 Å². The van der Waals surface area contributed by atoms with Gasteiger partial charge in [0.1, 0.15) is 5.52 Å². The number of anilines is 1. The number of rotatable bonds is 3. The van der Waals surface area contributed by atoms with Gasteiger partial charge in [-0.25, -0.2) is 14.3 Å². The van der Waals surface area contributed by atoms with Gasteiger partial charge in [-0.2, -0.15) is 10.2 Å². The molecule has 9 heteroatoms. The lowest BCUT2D eigenvalue weighted by Gasteiger charge is -2.22. The number of aliphatic hydroxyl groups is 1. The summed E-state index contributed by atoms with van der Waals surface area (Å²) in [6, 6.07) is 3.65. The Hall–Kier alpha value is -2.94. The van der Waals surface area contributed by atoms with E-state index in [0.717, 1.165) is 25.2 Å². The third-order valence-corrected chi connectivity index (χ3v) is 4.15. The normalized spacial score (nSPS) is 14.6. The molecule has 0 fully saturated rings. The summed E-state index contributed by atoms with van der Waals surface area (Å²) in [5.74, 6) is -0.373. The SMILES string of the molecule is O=C(O)c1cnc(N2CCCn3nc(CO)cc3C2)c2ccnn12. The summed E-state index contributed by atoms with van der Waals surface area (Å²) in [4.78, 5) is 17.8. The maximum atomic E-state index is 11.3. The molecule has 0 aliphatic carbocycles. The molecule has 1 aliphatic rings. The highest BCUT2D eigenvalue weighted by atomic mass is 16.4. The number of aryl methyl sites for hydroxylation is 1. The molecule has 2 N–H and O–H groups in total. The van der Waals surface area contributed by atoms with Crippen LogP contribution in [-0.4, -0.2) is 47.1 Å². The van der Waals surface area contributed by atoms with Crippen molar-refractivity contribution in [3.05, 3.63) is 41.6 Å². The fraction of sp³-hybridized carbons (Fsp3) is 0.333. The van der Waals surface area contributed by atoms with Gasteiger partial charge in [0, 0.05) is 13.1 Å². The van der Waals surface area contributed by atoms with Crippen molar-refractivity contribution in [2.75, 3.05) is 11.4 Å². The Morgan fingerprint density at radius 2 is 2.21 bits per heavy atom. The lowest BCUT2D eigenvalue weighted by molar-refractivity contribution is 0.0687. The zero-order valence-corrected chi connectivity index (χ0v) is 12.8. The van der Waals surface area contributed by atoms with E-state index >= 15 is 0 Å². The molecule has 0 spiro atoms. The molecule has 0 unspecified atom stereocenters. The largest absolute Gasteiger partial charge is 0.476 e. The smallest absolute Gasteiger partial charge is 0.356 e. The second kappa shape index (κ2) is 5.60. The predicted molar refractivity (Wildman–Crippen MR) is 83.8 cm³/mol. The molecule has 0 amide bonds. The molecule has 3 aromatic rings. The summed E-state index contributed by atoms with van der Waals surface area (Å²) in [6.45, 7) is 2.05. The summed E-state index contributed by atoms with van der Waals surface area (Å²) in [7, 11) is 0. The lowest BCUT2D eigenvalue weighted by atomic mass is 10.3. The van der Waals surface area contributed by atoms with E-state index in [2.05, 4.69) is 20.1 Å². The van der Waals surface area contributed by atoms with Crippen LogP contribution < -0.4 is 4.90 Å². The van der Waals surface area contributed by atoms with Crippen molar-refractivity contribution in [3.8, 4) is 0 Å². The maximum Gasteiger partial charge on any atom is 0.356 e. The molecular weight excluding hydrogens is 312 g/mol. The third-order valence-electron chi connectivity index (χ3n) is 4.15. The van der Waals surface area contributed by atoms with Crippen molar-refractivity contribution in [2.24, 2.45) is 0 Å². The van der Waals surface area contributed by atoms with Crippen LogP contribution in [0.2, 0.25) is 0 Å². The number of aromatic nitrogens is 5. The van der Waals surface area contributed by atoms with Gasteiger partial charge in [-0.05, 0) is 18.6 Å². The van der Waals surface area contributed by atoms with E-state index in [1.165, 1.54) is 10.7 Å². The number of carboxylic acid groups (broad SMARTS) is 1. The van der Waals surface area contributed by atoms with Crippen LogP contribution >= 0.6 is 0 Å². The highest BCUT2D eigenvalue weighted by molar-refractivity contribution is 5.87. The van der Waals surface area contributed by atoms with Crippen molar-refractivity contribution >= 4 is 17.3 Å². The molecule has 3 aromatic heterocycles. The lowest BCUT2D eigenvalue weighted by Crippen LogP contribution is -2.25. The molecule has 0 saturated carbocycles. The van der Waals surface area contributed by atoms with Gasteiger partial charge in [0.05, 0.1) is 36.9 Å². The van der Waals surface area contributed by atoms with Crippen molar-refractivity contribution in [3.63, 3.8) is 0 Å². The molecular formula is C15H16N6O3. The minimum atomic E-state index is -1.07. The Morgan fingerprint density at radius 3 is 3.00 bits per heavy atom. The molecule has 1 aliphatic heterocycles. The van der Waals surface area contributed by atoms with Crippen LogP contribution in [0, 0.1) is 0 Å². The van der Waals surface area contributed by atoms with Crippen LogP contribution in [-0.2, 0) is 19.7 Å². The summed E-state index contributed by atoms with van der Waals surface area (Å²) < 4.78 is 3.30. The Balaban J connectivity index is 1.76. The fourth-order valence-corrected chi connectivity index (χ4v) is 3.08. The van der Waals surface area contributed by atoms with Gasteiger partial charge in [0.25, 0.3) is 0 Å². The van der Waals surface area contributed by atoms with Crippen molar-refractivity contribution in [2.45, 2.75) is 26.1 Å². The van der Waals surface area contributed by atoms with Crippen LogP contribution in [0.25, 0.3) is 5.52 Å². The van der Waals surface area contributed by atoms with E-state index in [1.54, 1.807) is 12.3 Å². The summed E-state index contributed by atoms with van der Waals surface area (Å²) in [5.41, 5.74) is 2.33. The van der Waals surface area contributed by atoms with Gasteiger partial charge in [-0.15, -0.1) is 0 Å². The van der Waals surface area contributed by atoms with E-state index in [-0.39, 0.29) is 12.3 Å². The van der Waals surface area contributed by atoms with E-state index < -0.39 is 5.97 Å². The standard InChI is InChI=1S/C15H16N6O3/c22-9-10-6-11-8-19(4-1-5-20(11)18-10)14-12-2-3-17-21(12)13(7-16-14)15(23)24/h2-3,6-7,22H,1,4-5,8-9H2,(H,23,24). The van der Waals surface area contributed by atoms with E-state index in [4.69, 9.17) is 0 Å². The minimum Gasteiger partial charge on any atom is -0.476 e. The van der Waals surface area contributed by atoms with Gasteiger partial charge in [0.15, 0.2) is 11.5 Å². The van der Waals surface area contributed by atoms with Crippen LogP contribution in [0.1, 0.15) is 28.3 Å². The van der Waals surface area contributed by atoms with Crippen molar-refractivity contribution in [1.29, 1.82) is 0 Å². The summed E-state index contributed by atoms with van der Waals surface area (Å²) in [6.07, 6.45) is 3.78. The molecule has 0 saturated heterocycles. The van der Waals surface area contributed by atoms with Gasteiger partial charge in [-0.3, -0.25) is 4.68 Å². The number of carbonyl (C=O) groups is 1. The average molecular weight is 328 g/mol. The number of hydrogen-bond donors (Lipinski definition) is 2. The first kappa shape index (κ1) is 14.6. The number of hydrogen-bond acceptors (Lipinski definition) is 6. The Labute approximate surface area is 136 Å². The van der Waals surface area contributed by atoms with Crippen molar-refractivity contribution < 1.29 is 15.0 Å². The van der Waals surface area contributed by atoms with Crippen molar-refractivity contribution in [1.82, 2.24) is 24.4 Å². The highest BCUT2D eigenvalue weighted by Gasteiger charge is 2.21. The molecule has 4 heterocycles. The van der Waals surface area contributed by atoms with Gasteiger partial charge >= 0.3 is 5.97 Å². The zero-order valence-electron chi connectivity index (χ0n) is 12.8. The number of fused-ring (bicyclic) bond motifs is 2. The van der Waals surface area contributed by atoms with Gasteiger partial charge in [0.2, 0.25) is 0 Å². The summed E-state index contributed by atoms with van der Waals surface area (Å²) in [5, 5.41) is 27.0. The van der Waals surface area contributed by atoms with E-state index in [0.29, 0.717) is 23.6 Å². The molecule has 0 atom stereocenters. The molecule has 124 valence electrons. The maximum absolute atomic E-state index is 11.3. The number of aliphatic hydroxyl groups excluding tert-OH is 1. The Bertz CT molecular complexity index is 915. The van der Waals surface area contributed by atoms with E-state index in [1.807, 2.05) is 10.7 Å². The molecule has 0 aromatic carbocycles. The van der Waals surface area contributed by atoms with E-state index in [9.17, 15) is 15.0 Å². The second-order valence-corrected chi connectivity index (χ2v) is 5.68. The van der Waals surface area contributed by atoms with Crippen LogP contribution in [0.4, 0.5) is 5.82 Å². The first-order valence-corrected chi connectivity index (χ1v) is 7.65. The Morgan fingerprint density at radius 1 is 1.33 bits per heavy atom. The highest BCUT2D eigenvalue weighted by Crippen LogP contribution is 2.24. The van der Waals surface area contributed by atoms with Crippen LogP contribution in [0.5, 0.6) is 0 Å². The molecule has 0 bridgehead atoms. The van der Waals surface area contributed by atoms with Gasteiger partial charge < -0.3 is 15.1 Å². The number of aromatic carboxylic acids is 1. The monoisotopic (exact) mass is 328 g/mol. The first-order chi connectivity index (χ1) is 11.7. The first-order valence-electron chi connectivity index (χ1n) is 7.65. The summed E-state index contributed by atoms with van der Waals surface area (Å²) >= 11 is 0. The minimum absolute atomic E-state index is 0.0289. The number of nitrogens with zero attached hydrogens (tertiary/aromatic N) is 6. The average Bonchev–Trinajstić information content (AvgIpc) is 3.16. The quantitative estimate of drug-likeness (QED) is 0.721. The molecule has 4 rings (SSSR count). The topological polar surface area (TPSA) is 109 Å². The molecule has 24 heavy (non-hydrogen) atoms. The zero-order chi connectivity index (χ0) is 16.7. The predicted octanol–water partition coefficient (Wildman–Crippen LogP) is 0.527. The number of carboxylic acids is 1. The molecule has 0 radical (unpaired) electrons. The van der Waals surface area contributed by atoms with Gasteiger partial charge in [-0.1, -0.05) is 0 Å². The van der Waals surface area contributed by atoms with Crippen LogP contribution in [0.3, 0.4) is 0 Å². The Kier molecular flexibility index (Phi) is 3.42. The fourth-order valence-electron chi connectivity index (χ4n) is 3.08. The third kappa shape index (κ3) is 2.29.